The summed E-state index contributed by atoms with van der Waals surface area (Å²) < 4.78 is 29.4. The number of rotatable bonds is 4. The van der Waals surface area contributed by atoms with Crippen LogP contribution >= 0.6 is 11.3 Å². The highest BCUT2D eigenvalue weighted by molar-refractivity contribution is 7.18. The molecule has 2 atom stereocenters. The molecule has 10 heteroatoms. The Kier molecular flexibility index (Phi) is 5.55. The van der Waals surface area contributed by atoms with Crippen molar-refractivity contribution < 1.29 is 23.8 Å². The number of hydrogen-bond donors (Lipinski definition) is 1. The van der Waals surface area contributed by atoms with Gasteiger partial charge >= 0.3 is 0 Å². The van der Waals surface area contributed by atoms with Crippen LogP contribution in [-0.4, -0.2) is 57.4 Å². The maximum atomic E-state index is 13.8. The summed E-state index contributed by atoms with van der Waals surface area (Å²) in [6.45, 7) is 5.10. The Morgan fingerprint density at radius 1 is 1.18 bits per heavy atom. The standard InChI is InChI=1S/C29H27FN4O4S/c1-18-13-39-26-23(33-12-19(2)31-17-33)8-3-20(25(18)26)11-24-27-32-38-29(15-35,21-4-6-22(30)7-5-21)34(27)14-28(37-24)9-10-36-16-28/h3-8,11-13,17,35H,9-10,14-16H2,1-2H3/b24-11-. The fourth-order valence-corrected chi connectivity index (χ4v) is 6.82. The number of halogens is 1. The van der Waals surface area contributed by atoms with Gasteiger partial charge in [0.25, 0.3) is 5.72 Å². The molecule has 2 unspecified atom stereocenters. The first-order chi connectivity index (χ1) is 18.9. The highest BCUT2D eigenvalue weighted by Gasteiger charge is 2.56. The topological polar surface area (TPSA) is 81.3 Å². The molecule has 200 valence electrons. The second-order valence-electron chi connectivity index (χ2n) is 10.4. The summed E-state index contributed by atoms with van der Waals surface area (Å²) >= 11 is 1.69. The van der Waals surface area contributed by atoms with Gasteiger partial charge in [0.05, 0.1) is 42.2 Å². The van der Waals surface area contributed by atoms with Gasteiger partial charge in [-0.05, 0) is 66.8 Å². The minimum Gasteiger partial charge on any atom is -0.479 e. The number of nitrogens with zero attached hydrogens (tertiary/aromatic N) is 4. The number of oxime groups is 1. The van der Waals surface area contributed by atoms with Crippen molar-refractivity contribution in [3.63, 3.8) is 0 Å². The number of fused-ring (bicyclic) bond motifs is 2. The molecule has 0 radical (unpaired) electrons. The molecule has 1 spiro atoms. The maximum Gasteiger partial charge on any atom is 0.260 e. The van der Waals surface area contributed by atoms with E-state index in [1.807, 2.05) is 35.0 Å². The van der Waals surface area contributed by atoms with E-state index in [0.717, 1.165) is 32.6 Å². The zero-order chi connectivity index (χ0) is 26.8. The predicted molar refractivity (Wildman–Crippen MR) is 146 cm³/mol. The van der Waals surface area contributed by atoms with Gasteiger partial charge in [-0.25, -0.2) is 9.37 Å². The number of ether oxygens (including phenoxy) is 2. The molecule has 0 bridgehead atoms. The molecule has 2 aromatic carbocycles. The van der Waals surface area contributed by atoms with Gasteiger partial charge in [-0.1, -0.05) is 11.2 Å². The number of benzene rings is 2. The van der Waals surface area contributed by atoms with Crippen LogP contribution in [0.5, 0.6) is 0 Å². The van der Waals surface area contributed by atoms with Crippen LogP contribution < -0.4 is 0 Å². The molecule has 0 aliphatic carbocycles. The summed E-state index contributed by atoms with van der Waals surface area (Å²) in [6, 6.07) is 10.1. The molecule has 3 aliphatic heterocycles. The second-order valence-corrected chi connectivity index (χ2v) is 11.2. The minimum absolute atomic E-state index is 0.362. The molecular weight excluding hydrogens is 519 g/mol. The lowest BCUT2D eigenvalue weighted by molar-refractivity contribution is -0.159. The van der Waals surface area contributed by atoms with E-state index >= 15 is 0 Å². The predicted octanol–water partition coefficient (Wildman–Crippen LogP) is 4.86. The molecule has 0 saturated carbocycles. The van der Waals surface area contributed by atoms with E-state index < -0.39 is 11.3 Å². The number of aryl methyl sites for hydroxylation is 2. The molecule has 8 nitrogen and oxygen atoms in total. The first-order valence-corrected chi connectivity index (χ1v) is 13.7. The zero-order valence-electron chi connectivity index (χ0n) is 21.6. The SMILES string of the molecule is Cc1cn(-c2ccc(/C=C3\OC4(CCOC4)CN4C3=NOC4(CO)c3ccc(F)cc3)c3c(C)csc23)cn1. The van der Waals surface area contributed by atoms with Gasteiger partial charge in [0.15, 0.2) is 11.4 Å². The van der Waals surface area contributed by atoms with E-state index in [1.165, 1.54) is 12.1 Å². The molecule has 4 aromatic rings. The van der Waals surface area contributed by atoms with Crippen LogP contribution in [0.3, 0.4) is 0 Å². The third-order valence-electron chi connectivity index (χ3n) is 7.74. The molecule has 5 heterocycles. The maximum absolute atomic E-state index is 13.8. The normalized spacial score (nSPS) is 25.3. The quantitative estimate of drug-likeness (QED) is 0.394. The molecule has 39 heavy (non-hydrogen) atoms. The van der Waals surface area contributed by atoms with Crippen LogP contribution in [-0.2, 0) is 20.0 Å². The number of imidazole rings is 1. The van der Waals surface area contributed by atoms with Crippen LogP contribution in [0.1, 0.15) is 28.8 Å². The van der Waals surface area contributed by atoms with Crippen LogP contribution in [0.25, 0.3) is 21.8 Å². The first-order valence-electron chi connectivity index (χ1n) is 12.8. The van der Waals surface area contributed by atoms with Gasteiger partial charge in [0, 0.05) is 23.6 Å². The van der Waals surface area contributed by atoms with E-state index in [1.54, 1.807) is 23.5 Å². The third kappa shape index (κ3) is 3.77. The van der Waals surface area contributed by atoms with Crippen molar-refractivity contribution in [1.29, 1.82) is 0 Å². The van der Waals surface area contributed by atoms with Crippen molar-refractivity contribution >= 4 is 33.3 Å². The van der Waals surface area contributed by atoms with E-state index in [0.29, 0.717) is 43.3 Å². The Morgan fingerprint density at radius 3 is 2.74 bits per heavy atom. The van der Waals surface area contributed by atoms with Gasteiger partial charge in [0.2, 0.25) is 5.84 Å². The van der Waals surface area contributed by atoms with Crippen LogP contribution in [0.2, 0.25) is 0 Å². The molecular formula is C29H27FN4O4S. The number of hydrogen-bond acceptors (Lipinski definition) is 8. The fourth-order valence-electron chi connectivity index (χ4n) is 5.72. The largest absolute Gasteiger partial charge is 0.479 e. The number of aliphatic hydroxyl groups excluding tert-OH is 1. The highest BCUT2D eigenvalue weighted by Crippen LogP contribution is 2.45. The van der Waals surface area contributed by atoms with Crippen molar-refractivity contribution in [2.45, 2.75) is 31.6 Å². The summed E-state index contributed by atoms with van der Waals surface area (Å²) in [5, 5.41) is 18.3. The van der Waals surface area contributed by atoms with Gasteiger partial charge in [0.1, 0.15) is 12.4 Å². The number of amidine groups is 1. The number of aromatic nitrogens is 2. The number of aliphatic hydroxyl groups is 1. The van der Waals surface area contributed by atoms with Gasteiger partial charge in [-0.3, -0.25) is 0 Å². The summed E-state index contributed by atoms with van der Waals surface area (Å²) in [7, 11) is 0. The molecule has 7 rings (SSSR count). The molecule has 2 aromatic heterocycles. The second kappa shape index (κ2) is 8.90. The van der Waals surface area contributed by atoms with E-state index in [2.05, 4.69) is 34.6 Å². The average molecular weight is 547 g/mol. The monoisotopic (exact) mass is 546 g/mol. The third-order valence-corrected chi connectivity index (χ3v) is 8.86. The highest BCUT2D eigenvalue weighted by atomic mass is 32.1. The van der Waals surface area contributed by atoms with Crippen LogP contribution in [0.4, 0.5) is 4.39 Å². The lowest BCUT2D eigenvalue weighted by Crippen LogP contribution is -2.60. The molecule has 1 N–H and O–H groups in total. The van der Waals surface area contributed by atoms with Crippen molar-refractivity contribution in [3.8, 4) is 5.69 Å². The lowest BCUT2D eigenvalue weighted by Gasteiger charge is -2.45. The van der Waals surface area contributed by atoms with Crippen LogP contribution in [0, 0.1) is 19.7 Å². The minimum atomic E-state index is -1.29. The Morgan fingerprint density at radius 2 is 2.03 bits per heavy atom. The Balaban J connectivity index is 1.36. The molecule has 2 saturated heterocycles. The lowest BCUT2D eigenvalue weighted by atomic mass is 9.94. The summed E-state index contributed by atoms with van der Waals surface area (Å²) in [6.07, 6.45) is 6.53. The van der Waals surface area contributed by atoms with Crippen molar-refractivity contribution in [3.05, 3.63) is 88.3 Å². The van der Waals surface area contributed by atoms with Crippen molar-refractivity contribution in [1.82, 2.24) is 14.5 Å². The summed E-state index contributed by atoms with van der Waals surface area (Å²) in [5.41, 5.74) is 2.85. The number of thiophene rings is 1. The first kappa shape index (κ1) is 24.3. The van der Waals surface area contributed by atoms with Crippen molar-refractivity contribution in [2.75, 3.05) is 26.4 Å². The smallest absolute Gasteiger partial charge is 0.260 e. The zero-order valence-corrected chi connectivity index (χ0v) is 22.4. The molecule has 3 aliphatic rings. The summed E-state index contributed by atoms with van der Waals surface area (Å²) in [4.78, 5) is 12.3. The van der Waals surface area contributed by atoms with Gasteiger partial charge in [-0.2, -0.15) is 0 Å². The number of morpholine rings is 1. The van der Waals surface area contributed by atoms with Crippen LogP contribution in [0.15, 0.2) is 65.2 Å². The van der Waals surface area contributed by atoms with Crippen molar-refractivity contribution in [2.24, 2.45) is 5.16 Å². The van der Waals surface area contributed by atoms with E-state index in [4.69, 9.17) is 14.3 Å². The Bertz CT molecular complexity index is 1640. The van der Waals surface area contributed by atoms with Gasteiger partial charge < -0.3 is 28.9 Å². The van der Waals surface area contributed by atoms with Gasteiger partial charge in [-0.15, -0.1) is 11.3 Å². The average Bonchev–Trinajstić information content (AvgIpc) is 3.73. The Hall–Kier alpha value is -3.73. The molecule has 2 fully saturated rings. The van der Waals surface area contributed by atoms with E-state index in [9.17, 15) is 9.50 Å². The Labute approximate surface area is 228 Å². The van der Waals surface area contributed by atoms with E-state index in [-0.39, 0.29) is 12.4 Å². The molecule has 0 amide bonds. The summed E-state index contributed by atoms with van der Waals surface area (Å²) in [5.74, 6) is 0.669. The fraction of sp³-hybridized carbons (Fsp3) is 0.310.